The van der Waals surface area contributed by atoms with Crippen molar-refractivity contribution < 1.29 is 4.42 Å². The van der Waals surface area contributed by atoms with Crippen LogP contribution >= 0.6 is 0 Å². The molecule has 0 atom stereocenters. The first-order valence-corrected chi connectivity index (χ1v) is 6.03. The molecule has 1 aliphatic carbocycles. The summed E-state index contributed by atoms with van der Waals surface area (Å²) in [5.41, 5.74) is 2.32. The maximum Gasteiger partial charge on any atom is 0.142 e. The first-order valence-electron chi connectivity index (χ1n) is 6.03. The van der Waals surface area contributed by atoms with Crippen LogP contribution in [0.25, 0.3) is 27.8 Å². The molecule has 0 fully saturated rings. The minimum atomic E-state index is 1.02. The van der Waals surface area contributed by atoms with Crippen LogP contribution in [-0.2, 0) is 6.42 Å². The Balaban J connectivity index is 2.21. The molecule has 0 spiro atoms. The van der Waals surface area contributed by atoms with Gasteiger partial charge in [0.15, 0.2) is 0 Å². The molecule has 0 saturated heterocycles. The van der Waals surface area contributed by atoms with Gasteiger partial charge in [0.05, 0.1) is 0 Å². The normalized spacial score (nSPS) is 14.4. The molecule has 82 valence electrons. The van der Waals surface area contributed by atoms with Gasteiger partial charge in [-0.2, -0.15) is 0 Å². The molecule has 0 bridgehead atoms. The van der Waals surface area contributed by atoms with Crippen molar-refractivity contribution in [2.24, 2.45) is 0 Å². The van der Waals surface area contributed by atoms with Crippen LogP contribution in [-0.4, -0.2) is 0 Å². The van der Waals surface area contributed by atoms with E-state index in [1.54, 1.807) is 0 Å². The Labute approximate surface area is 99.4 Å². The van der Waals surface area contributed by atoms with Crippen molar-refractivity contribution in [3.05, 3.63) is 53.8 Å². The Kier molecular flexibility index (Phi) is 1.72. The van der Waals surface area contributed by atoms with E-state index in [2.05, 4.69) is 48.6 Å². The Bertz CT molecular complexity index is 747. The van der Waals surface area contributed by atoms with Crippen LogP contribution in [0.1, 0.15) is 17.7 Å². The second-order valence-corrected chi connectivity index (χ2v) is 4.54. The SMILES string of the molecule is C1=Cc2c(oc3c2ccc2ccccc23)CC1. The third-order valence-electron chi connectivity index (χ3n) is 3.52. The number of rotatable bonds is 0. The zero-order valence-corrected chi connectivity index (χ0v) is 9.44. The van der Waals surface area contributed by atoms with Crippen LogP contribution in [0.3, 0.4) is 0 Å². The van der Waals surface area contributed by atoms with E-state index in [1.165, 1.54) is 21.7 Å². The van der Waals surface area contributed by atoms with Gasteiger partial charge in [-0.05, 0) is 17.9 Å². The van der Waals surface area contributed by atoms with Gasteiger partial charge >= 0.3 is 0 Å². The molecule has 1 heteroatoms. The van der Waals surface area contributed by atoms with Crippen molar-refractivity contribution in [2.45, 2.75) is 12.8 Å². The predicted octanol–water partition coefficient (Wildman–Crippen LogP) is 4.55. The zero-order valence-electron chi connectivity index (χ0n) is 9.44. The fourth-order valence-corrected chi connectivity index (χ4v) is 2.68. The summed E-state index contributed by atoms with van der Waals surface area (Å²) in [4.78, 5) is 0. The lowest BCUT2D eigenvalue weighted by atomic mass is 10.0. The predicted molar refractivity (Wildman–Crippen MR) is 71.1 cm³/mol. The van der Waals surface area contributed by atoms with Gasteiger partial charge in [-0.3, -0.25) is 0 Å². The van der Waals surface area contributed by atoms with Crippen LogP contribution in [0.4, 0.5) is 0 Å². The van der Waals surface area contributed by atoms with Gasteiger partial charge < -0.3 is 4.42 Å². The van der Waals surface area contributed by atoms with Crippen LogP contribution in [0.15, 0.2) is 46.9 Å². The quantitative estimate of drug-likeness (QED) is 0.542. The summed E-state index contributed by atoms with van der Waals surface area (Å²) < 4.78 is 6.05. The topological polar surface area (TPSA) is 13.1 Å². The smallest absolute Gasteiger partial charge is 0.142 e. The van der Waals surface area contributed by atoms with Crippen LogP contribution in [0.5, 0.6) is 0 Å². The van der Waals surface area contributed by atoms with Crippen LogP contribution < -0.4 is 0 Å². The summed E-state index contributed by atoms with van der Waals surface area (Å²) in [6, 6.07) is 12.8. The maximum atomic E-state index is 6.05. The standard InChI is InChI=1S/C16H12O/c1-2-6-12-11(5-1)9-10-14-13-7-3-4-8-15(13)17-16(12)14/h1-3,5-7,9-10H,4,8H2. The molecule has 1 aliphatic rings. The highest BCUT2D eigenvalue weighted by molar-refractivity contribution is 6.07. The first kappa shape index (κ1) is 9.06. The Morgan fingerprint density at radius 3 is 2.88 bits per heavy atom. The van der Waals surface area contributed by atoms with Crippen LogP contribution in [0, 0.1) is 0 Å². The lowest BCUT2D eigenvalue weighted by Gasteiger charge is -2.01. The Morgan fingerprint density at radius 2 is 1.88 bits per heavy atom. The van der Waals surface area contributed by atoms with Crippen molar-refractivity contribution in [3.63, 3.8) is 0 Å². The highest BCUT2D eigenvalue weighted by atomic mass is 16.3. The summed E-state index contributed by atoms with van der Waals surface area (Å²) in [5, 5.41) is 3.71. The molecule has 0 amide bonds. The summed E-state index contributed by atoms with van der Waals surface area (Å²) in [6.45, 7) is 0. The molecule has 17 heavy (non-hydrogen) atoms. The van der Waals surface area contributed by atoms with Gasteiger partial charge in [0.1, 0.15) is 11.3 Å². The number of allylic oxidation sites excluding steroid dienone is 1. The van der Waals surface area contributed by atoms with Gasteiger partial charge in [-0.1, -0.05) is 42.5 Å². The van der Waals surface area contributed by atoms with Crippen LogP contribution in [0.2, 0.25) is 0 Å². The molecule has 2 aromatic carbocycles. The fourth-order valence-electron chi connectivity index (χ4n) is 2.68. The summed E-state index contributed by atoms with van der Waals surface area (Å²) in [5.74, 6) is 1.14. The third-order valence-corrected chi connectivity index (χ3v) is 3.52. The molecular weight excluding hydrogens is 208 g/mol. The summed E-state index contributed by atoms with van der Waals surface area (Å²) in [7, 11) is 0. The molecule has 1 nitrogen and oxygen atoms in total. The molecule has 1 aromatic heterocycles. The van der Waals surface area contributed by atoms with E-state index in [9.17, 15) is 0 Å². The number of hydrogen-bond acceptors (Lipinski definition) is 1. The highest BCUT2D eigenvalue weighted by Gasteiger charge is 2.15. The average Bonchev–Trinajstić information content (AvgIpc) is 2.78. The number of furan rings is 1. The minimum Gasteiger partial charge on any atom is -0.460 e. The van der Waals surface area contributed by atoms with E-state index >= 15 is 0 Å². The monoisotopic (exact) mass is 220 g/mol. The van der Waals surface area contributed by atoms with Gasteiger partial charge in [0, 0.05) is 22.8 Å². The number of benzene rings is 2. The van der Waals surface area contributed by atoms with Crippen molar-refractivity contribution in [2.75, 3.05) is 0 Å². The first-order chi connectivity index (χ1) is 8.43. The van der Waals surface area contributed by atoms with E-state index < -0.39 is 0 Å². The molecule has 0 unspecified atom stereocenters. The minimum absolute atomic E-state index is 1.02. The largest absolute Gasteiger partial charge is 0.460 e. The Morgan fingerprint density at radius 1 is 0.941 bits per heavy atom. The number of fused-ring (bicyclic) bond motifs is 5. The molecule has 0 aliphatic heterocycles. The van der Waals surface area contributed by atoms with E-state index in [4.69, 9.17) is 4.42 Å². The van der Waals surface area contributed by atoms with Crippen molar-refractivity contribution in [3.8, 4) is 0 Å². The van der Waals surface area contributed by atoms with Crippen molar-refractivity contribution in [1.82, 2.24) is 0 Å². The second-order valence-electron chi connectivity index (χ2n) is 4.54. The van der Waals surface area contributed by atoms with E-state index in [0.717, 1.165) is 24.2 Å². The van der Waals surface area contributed by atoms with E-state index in [0.29, 0.717) is 0 Å². The zero-order chi connectivity index (χ0) is 11.2. The van der Waals surface area contributed by atoms with Gasteiger partial charge in [0.25, 0.3) is 0 Å². The van der Waals surface area contributed by atoms with E-state index in [-0.39, 0.29) is 0 Å². The molecular formula is C16H12O. The fraction of sp³-hybridized carbons (Fsp3) is 0.125. The summed E-state index contributed by atoms with van der Waals surface area (Å²) >= 11 is 0. The van der Waals surface area contributed by atoms with Crippen molar-refractivity contribution in [1.29, 1.82) is 0 Å². The molecule has 0 N–H and O–H groups in total. The van der Waals surface area contributed by atoms with Gasteiger partial charge in [0.2, 0.25) is 0 Å². The molecule has 0 saturated carbocycles. The molecule has 0 radical (unpaired) electrons. The highest BCUT2D eigenvalue weighted by Crippen LogP contribution is 2.35. The van der Waals surface area contributed by atoms with Gasteiger partial charge in [-0.15, -0.1) is 0 Å². The molecule has 4 rings (SSSR count). The second kappa shape index (κ2) is 3.24. The number of hydrogen-bond donors (Lipinski definition) is 0. The molecule has 3 aromatic rings. The lowest BCUT2D eigenvalue weighted by molar-refractivity contribution is 0.549. The maximum absolute atomic E-state index is 6.05. The third kappa shape index (κ3) is 1.19. The average molecular weight is 220 g/mol. The van der Waals surface area contributed by atoms with Crippen molar-refractivity contribution >= 4 is 27.8 Å². The summed E-state index contributed by atoms with van der Waals surface area (Å²) in [6.07, 6.45) is 6.53. The Hall–Kier alpha value is -2.02. The molecule has 1 heterocycles. The number of aryl methyl sites for hydroxylation is 1. The lowest BCUT2D eigenvalue weighted by Crippen LogP contribution is -1.87. The van der Waals surface area contributed by atoms with E-state index in [1.807, 2.05) is 0 Å². The van der Waals surface area contributed by atoms with Gasteiger partial charge in [-0.25, -0.2) is 0 Å².